The third-order valence-corrected chi connectivity index (χ3v) is 6.80. The first-order valence-corrected chi connectivity index (χ1v) is 11.9. The van der Waals surface area contributed by atoms with Gasteiger partial charge in [-0.15, -0.1) is 11.3 Å². The van der Waals surface area contributed by atoms with E-state index < -0.39 is 6.10 Å². The third-order valence-electron chi connectivity index (χ3n) is 5.90. The van der Waals surface area contributed by atoms with Gasteiger partial charge in [0.05, 0.1) is 12.8 Å². The molecule has 1 saturated heterocycles. The van der Waals surface area contributed by atoms with Crippen LogP contribution in [0.3, 0.4) is 0 Å². The summed E-state index contributed by atoms with van der Waals surface area (Å²) in [5.74, 6) is 1.60. The van der Waals surface area contributed by atoms with Crippen molar-refractivity contribution in [1.82, 2.24) is 10.1 Å². The molecule has 172 valence electrons. The molecule has 1 atom stereocenters. The first kappa shape index (κ1) is 21.8. The monoisotopic (exact) mass is 465 g/mol. The normalized spacial score (nSPS) is 15.6. The minimum absolute atomic E-state index is 0.239. The Bertz CT molecular complexity index is 1200. The molecule has 0 spiro atoms. The van der Waals surface area contributed by atoms with Crippen LogP contribution in [0.15, 0.2) is 64.5 Å². The second-order valence-electron chi connectivity index (χ2n) is 8.10. The van der Waals surface area contributed by atoms with Crippen molar-refractivity contribution in [3.05, 3.63) is 60.0 Å². The quantitative estimate of drug-likeness (QED) is 0.420. The molecule has 0 aliphatic carbocycles. The third kappa shape index (κ3) is 4.83. The number of nitrogens with zero attached hydrogens (tertiary/aromatic N) is 3. The first-order chi connectivity index (χ1) is 16.2. The average molecular weight is 466 g/mol. The van der Waals surface area contributed by atoms with E-state index in [2.05, 4.69) is 21.0 Å². The van der Waals surface area contributed by atoms with Gasteiger partial charge >= 0.3 is 0 Å². The van der Waals surface area contributed by atoms with Crippen LogP contribution < -0.4 is 14.4 Å². The van der Waals surface area contributed by atoms with Gasteiger partial charge in [-0.05, 0) is 35.7 Å². The van der Waals surface area contributed by atoms with Gasteiger partial charge in [-0.2, -0.15) is 0 Å². The van der Waals surface area contributed by atoms with Gasteiger partial charge in [0.1, 0.15) is 34.6 Å². The molecule has 3 heterocycles. The standard InChI is InChI=1S/C25H27N3O4S/c1-30-22-8-3-2-7-21(22)28-12-10-27(11-13-28)16-19(29)17-31-20-6-4-5-18(15-20)24-25-23(32-26-24)9-14-33-25/h2-9,14-15,19,29H,10-13,16-17H2,1H3/t19-/m1/s1. The highest BCUT2D eigenvalue weighted by Crippen LogP contribution is 2.33. The first-order valence-electron chi connectivity index (χ1n) is 11.1. The molecule has 0 saturated carbocycles. The van der Waals surface area contributed by atoms with Gasteiger partial charge in [-0.3, -0.25) is 4.90 Å². The Kier molecular flexibility index (Phi) is 6.48. The molecule has 2 aromatic carbocycles. The van der Waals surface area contributed by atoms with Crippen LogP contribution in [0.1, 0.15) is 0 Å². The molecule has 1 fully saturated rings. The topological polar surface area (TPSA) is 71.2 Å². The van der Waals surface area contributed by atoms with E-state index in [1.54, 1.807) is 18.4 Å². The number of para-hydroxylation sites is 2. The lowest BCUT2D eigenvalue weighted by Gasteiger charge is -2.37. The fourth-order valence-corrected chi connectivity index (χ4v) is 5.02. The summed E-state index contributed by atoms with van der Waals surface area (Å²) >= 11 is 1.61. The number of hydrogen-bond acceptors (Lipinski definition) is 8. The van der Waals surface area contributed by atoms with Crippen LogP contribution in [-0.2, 0) is 0 Å². The highest BCUT2D eigenvalue weighted by Gasteiger charge is 2.21. The molecule has 0 unspecified atom stereocenters. The Morgan fingerprint density at radius 3 is 2.79 bits per heavy atom. The van der Waals surface area contributed by atoms with Crippen molar-refractivity contribution >= 4 is 27.3 Å². The number of ether oxygens (including phenoxy) is 2. The van der Waals surface area contributed by atoms with Crippen molar-refractivity contribution < 1.29 is 19.1 Å². The van der Waals surface area contributed by atoms with Gasteiger partial charge in [0.25, 0.3) is 0 Å². The summed E-state index contributed by atoms with van der Waals surface area (Å²) in [7, 11) is 1.70. The molecule has 5 rings (SSSR count). The SMILES string of the molecule is COc1ccccc1N1CCN(C[C@@H](O)COc2cccc(-c3noc4ccsc34)c2)CC1. The Morgan fingerprint density at radius 1 is 1.09 bits per heavy atom. The van der Waals surface area contributed by atoms with Crippen LogP contribution in [0.25, 0.3) is 21.5 Å². The molecule has 0 bridgehead atoms. The summed E-state index contributed by atoms with van der Waals surface area (Å²) in [6, 6.07) is 17.8. The number of thiophene rings is 1. The number of benzene rings is 2. The maximum atomic E-state index is 10.6. The van der Waals surface area contributed by atoms with Gasteiger partial charge in [0.15, 0.2) is 5.58 Å². The second-order valence-corrected chi connectivity index (χ2v) is 9.01. The molecule has 1 aliphatic heterocycles. The molecule has 0 amide bonds. The highest BCUT2D eigenvalue weighted by molar-refractivity contribution is 7.17. The fourth-order valence-electron chi connectivity index (χ4n) is 4.20. The van der Waals surface area contributed by atoms with Crippen molar-refractivity contribution in [3.8, 4) is 22.8 Å². The summed E-state index contributed by atoms with van der Waals surface area (Å²) in [4.78, 5) is 4.61. The summed E-state index contributed by atoms with van der Waals surface area (Å²) < 4.78 is 17.8. The van der Waals surface area contributed by atoms with Crippen LogP contribution in [0.4, 0.5) is 5.69 Å². The summed E-state index contributed by atoms with van der Waals surface area (Å²) in [6.45, 7) is 4.37. The minimum atomic E-state index is -0.567. The minimum Gasteiger partial charge on any atom is -0.495 e. The van der Waals surface area contributed by atoms with E-state index in [-0.39, 0.29) is 6.61 Å². The summed E-state index contributed by atoms with van der Waals surface area (Å²) in [5.41, 5.74) is 3.67. The Hall–Kier alpha value is -3.07. The van der Waals surface area contributed by atoms with Gasteiger partial charge in [-0.25, -0.2) is 0 Å². The van der Waals surface area contributed by atoms with Crippen molar-refractivity contribution in [3.63, 3.8) is 0 Å². The van der Waals surface area contributed by atoms with Crippen LogP contribution in [-0.4, -0.2) is 67.7 Å². The van der Waals surface area contributed by atoms with Gasteiger partial charge < -0.3 is 24.0 Å². The van der Waals surface area contributed by atoms with Crippen molar-refractivity contribution in [1.29, 1.82) is 0 Å². The number of aliphatic hydroxyl groups excluding tert-OH is 1. The number of hydrogen-bond donors (Lipinski definition) is 1. The number of aromatic nitrogens is 1. The van der Waals surface area contributed by atoms with Crippen LogP contribution in [0.5, 0.6) is 11.5 Å². The van der Waals surface area contributed by atoms with Crippen molar-refractivity contribution in [2.75, 3.05) is 51.3 Å². The highest BCUT2D eigenvalue weighted by atomic mass is 32.1. The average Bonchev–Trinajstić information content (AvgIpc) is 3.48. The number of methoxy groups -OCH3 is 1. The van der Waals surface area contributed by atoms with Crippen LogP contribution >= 0.6 is 11.3 Å². The van der Waals surface area contributed by atoms with E-state index >= 15 is 0 Å². The van der Waals surface area contributed by atoms with E-state index in [9.17, 15) is 5.11 Å². The van der Waals surface area contributed by atoms with E-state index in [1.165, 1.54) is 0 Å². The molecule has 1 N–H and O–H groups in total. The number of rotatable bonds is 8. The molecule has 1 aliphatic rings. The smallest absolute Gasteiger partial charge is 0.178 e. The van der Waals surface area contributed by atoms with Crippen LogP contribution in [0, 0.1) is 0 Å². The second kappa shape index (κ2) is 9.82. The van der Waals surface area contributed by atoms with Gasteiger partial charge in [0, 0.05) is 38.3 Å². The molecule has 0 radical (unpaired) electrons. The maximum absolute atomic E-state index is 10.6. The number of β-amino-alcohol motifs (C(OH)–C–C–N with tert-alkyl or cyclic N) is 1. The predicted octanol–water partition coefficient (Wildman–Crippen LogP) is 4.13. The summed E-state index contributed by atoms with van der Waals surface area (Å²) in [6.07, 6.45) is -0.567. The number of aliphatic hydroxyl groups is 1. The molecule has 2 aromatic heterocycles. The lowest BCUT2D eigenvalue weighted by molar-refractivity contribution is 0.0663. The van der Waals surface area contributed by atoms with E-state index in [0.717, 1.165) is 59.2 Å². The lowest BCUT2D eigenvalue weighted by atomic mass is 10.1. The Labute approximate surface area is 196 Å². The number of piperazine rings is 1. The Balaban J connectivity index is 1.13. The zero-order valence-electron chi connectivity index (χ0n) is 18.5. The fraction of sp³-hybridized carbons (Fsp3) is 0.320. The molecule has 8 heteroatoms. The summed E-state index contributed by atoms with van der Waals surface area (Å²) in [5, 5.41) is 16.8. The molecular weight excluding hydrogens is 438 g/mol. The van der Waals surface area contributed by atoms with E-state index in [1.807, 2.05) is 53.9 Å². The van der Waals surface area contributed by atoms with Gasteiger partial charge in [-0.1, -0.05) is 29.4 Å². The number of anilines is 1. The predicted molar refractivity (Wildman–Crippen MR) is 130 cm³/mol. The van der Waals surface area contributed by atoms with Crippen LogP contribution in [0.2, 0.25) is 0 Å². The van der Waals surface area contributed by atoms with Gasteiger partial charge in [0.2, 0.25) is 0 Å². The Morgan fingerprint density at radius 2 is 1.94 bits per heavy atom. The van der Waals surface area contributed by atoms with Crippen molar-refractivity contribution in [2.24, 2.45) is 0 Å². The zero-order valence-corrected chi connectivity index (χ0v) is 19.3. The molecule has 4 aromatic rings. The molecular formula is C25H27N3O4S. The number of fused-ring (bicyclic) bond motifs is 1. The largest absolute Gasteiger partial charge is 0.495 e. The lowest BCUT2D eigenvalue weighted by Crippen LogP contribution is -2.49. The molecule has 7 nitrogen and oxygen atoms in total. The van der Waals surface area contributed by atoms with E-state index in [0.29, 0.717) is 12.3 Å². The molecule has 33 heavy (non-hydrogen) atoms. The van der Waals surface area contributed by atoms with Crippen molar-refractivity contribution in [2.45, 2.75) is 6.10 Å². The van der Waals surface area contributed by atoms with E-state index in [4.69, 9.17) is 14.0 Å². The zero-order chi connectivity index (χ0) is 22.6. The maximum Gasteiger partial charge on any atom is 0.178 e.